The second-order valence-electron chi connectivity index (χ2n) is 3.14. The van der Waals surface area contributed by atoms with Crippen LogP contribution in [0.2, 0.25) is 0 Å². The quantitative estimate of drug-likeness (QED) is 0.495. The summed E-state index contributed by atoms with van der Waals surface area (Å²) in [4.78, 5) is 0. The third-order valence-electron chi connectivity index (χ3n) is 1.75. The highest BCUT2D eigenvalue weighted by Crippen LogP contribution is 2.29. The van der Waals surface area contributed by atoms with Gasteiger partial charge in [-0.2, -0.15) is 13.2 Å². The highest BCUT2D eigenvalue weighted by molar-refractivity contribution is 5.51. The molecule has 0 amide bonds. The third kappa shape index (κ3) is 4.81. The Bertz CT molecular complexity index is 368. The SMILES string of the molecule is COc1cc(N)ccc1OCOCC(F)(F)F. The molecule has 0 saturated carbocycles. The van der Waals surface area contributed by atoms with Gasteiger partial charge < -0.3 is 19.9 Å². The van der Waals surface area contributed by atoms with E-state index in [0.29, 0.717) is 11.4 Å². The number of halogens is 3. The molecule has 96 valence electrons. The Kier molecular flexibility index (Phi) is 4.45. The first-order valence-corrected chi connectivity index (χ1v) is 4.63. The van der Waals surface area contributed by atoms with E-state index in [9.17, 15) is 13.2 Å². The molecule has 0 aromatic heterocycles. The van der Waals surface area contributed by atoms with Crippen molar-refractivity contribution in [1.29, 1.82) is 0 Å². The van der Waals surface area contributed by atoms with Crippen LogP contribution in [0.3, 0.4) is 0 Å². The van der Waals surface area contributed by atoms with Gasteiger partial charge in [-0.1, -0.05) is 0 Å². The van der Waals surface area contributed by atoms with Crippen LogP contribution in [-0.2, 0) is 4.74 Å². The van der Waals surface area contributed by atoms with E-state index in [1.807, 2.05) is 0 Å². The maximum Gasteiger partial charge on any atom is 0.411 e. The van der Waals surface area contributed by atoms with Crippen LogP contribution in [0.25, 0.3) is 0 Å². The lowest BCUT2D eigenvalue weighted by atomic mass is 10.3. The van der Waals surface area contributed by atoms with E-state index in [1.165, 1.54) is 19.2 Å². The molecule has 1 aromatic rings. The highest BCUT2D eigenvalue weighted by atomic mass is 19.4. The number of alkyl halides is 3. The number of nitrogens with two attached hydrogens (primary N) is 1. The number of ether oxygens (including phenoxy) is 3. The highest BCUT2D eigenvalue weighted by Gasteiger charge is 2.27. The van der Waals surface area contributed by atoms with Gasteiger partial charge in [0, 0.05) is 11.8 Å². The number of methoxy groups -OCH3 is 1. The zero-order chi connectivity index (χ0) is 12.9. The minimum Gasteiger partial charge on any atom is -0.493 e. The number of rotatable bonds is 5. The molecule has 0 aliphatic rings. The first kappa shape index (κ1) is 13.4. The molecule has 4 nitrogen and oxygen atoms in total. The first-order valence-electron chi connectivity index (χ1n) is 4.63. The second-order valence-corrected chi connectivity index (χ2v) is 3.14. The van der Waals surface area contributed by atoms with Gasteiger partial charge in [0.1, 0.15) is 6.61 Å². The number of benzene rings is 1. The lowest BCUT2D eigenvalue weighted by Gasteiger charge is -2.12. The van der Waals surface area contributed by atoms with Crippen LogP contribution in [0.15, 0.2) is 18.2 Å². The molecule has 0 fully saturated rings. The normalized spacial score (nSPS) is 11.3. The average Bonchev–Trinajstić information content (AvgIpc) is 2.24. The molecule has 0 atom stereocenters. The summed E-state index contributed by atoms with van der Waals surface area (Å²) in [5, 5.41) is 0. The van der Waals surface area contributed by atoms with Crippen molar-refractivity contribution in [3.05, 3.63) is 18.2 Å². The second kappa shape index (κ2) is 5.62. The minimum absolute atomic E-state index is 0.267. The Labute approximate surface area is 96.1 Å². The fraction of sp³-hybridized carbons (Fsp3) is 0.400. The Balaban J connectivity index is 2.46. The van der Waals surface area contributed by atoms with E-state index in [2.05, 4.69) is 4.74 Å². The van der Waals surface area contributed by atoms with Gasteiger partial charge in [0.15, 0.2) is 18.3 Å². The van der Waals surface area contributed by atoms with Crippen LogP contribution < -0.4 is 15.2 Å². The monoisotopic (exact) mass is 251 g/mol. The smallest absolute Gasteiger partial charge is 0.411 e. The molecule has 0 saturated heterocycles. The topological polar surface area (TPSA) is 53.7 Å². The molecule has 1 rings (SSSR count). The zero-order valence-electron chi connectivity index (χ0n) is 9.08. The summed E-state index contributed by atoms with van der Waals surface area (Å²) in [6.07, 6.45) is -4.37. The van der Waals surface area contributed by atoms with Crippen LogP contribution in [0.1, 0.15) is 0 Å². The predicted octanol–water partition coefficient (Wildman–Crippen LogP) is 2.19. The van der Waals surface area contributed by atoms with E-state index in [4.69, 9.17) is 15.2 Å². The average molecular weight is 251 g/mol. The zero-order valence-corrected chi connectivity index (χ0v) is 9.08. The van der Waals surface area contributed by atoms with Crippen molar-refractivity contribution in [2.45, 2.75) is 6.18 Å². The maximum atomic E-state index is 11.8. The fourth-order valence-electron chi connectivity index (χ4n) is 1.07. The van der Waals surface area contributed by atoms with Gasteiger partial charge in [-0.05, 0) is 12.1 Å². The predicted molar refractivity (Wildman–Crippen MR) is 54.9 cm³/mol. The standard InChI is InChI=1S/C10H12F3NO3/c1-15-9-4-7(14)2-3-8(9)17-6-16-5-10(11,12)13/h2-4H,5-6,14H2,1H3. The van der Waals surface area contributed by atoms with Crippen LogP contribution >= 0.6 is 0 Å². The Morgan fingerprint density at radius 1 is 1.24 bits per heavy atom. The molecule has 0 aliphatic carbocycles. The first-order chi connectivity index (χ1) is 7.92. The summed E-state index contributed by atoms with van der Waals surface area (Å²) in [5.74, 6) is 0.601. The van der Waals surface area contributed by atoms with Crippen molar-refractivity contribution in [2.75, 3.05) is 26.2 Å². The van der Waals surface area contributed by atoms with Gasteiger partial charge in [-0.15, -0.1) is 0 Å². The Morgan fingerprint density at radius 2 is 1.94 bits per heavy atom. The van der Waals surface area contributed by atoms with Crippen molar-refractivity contribution in [3.63, 3.8) is 0 Å². The molecule has 1 aromatic carbocycles. The molecule has 17 heavy (non-hydrogen) atoms. The molecule has 0 bridgehead atoms. The van der Waals surface area contributed by atoms with Gasteiger partial charge in [0.2, 0.25) is 0 Å². The van der Waals surface area contributed by atoms with Gasteiger partial charge in [0.25, 0.3) is 0 Å². The molecular formula is C10H12F3NO3. The van der Waals surface area contributed by atoms with E-state index in [-0.39, 0.29) is 5.75 Å². The largest absolute Gasteiger partial charge is 0.493 e. The summed E-state index contributed by atoms with van der Waals surface area (Å²) < 4.78 is 49.5. The van der Waals surface area contributed by atoms with Gasteiger partial charge in [-0.3, -0.25) is 0 Å². The summed E-state index contributed by atoms with van der Waals surface area (Å²) in [5.41, 5.74) is 5.96. The summed E-state index contributed by atoms with van der Waals surface area (Å²) in [6.45, 7) is -1.87. The lowest BCUT2D eigenvalue weighted by molar-refractivity contribution is -0.186. The number of hydrogen-bond acceptors (Lipinski definition) is 4. The summed E-state index contributed by atoms with van der Waals surface area (Å²) >= 11 is 0. The molecule has 7 heteroatoms. The van der Waals surface area contributed by atoms with Gasteiger partial charge in [-0.25, -0.2) is 0 Å². The lowest BCUT2D eigenvalue weighted by Crippen LogP contribution is -2.19. The van der Waals surface area contributed by atoms with Crippen molar-refractivity contribution in [3.8, 4) is 11.5 Å². The number of nitrogen functional groups attached to an aromatic ring is 1. The van der Waals surface area contributed by atoms with Crippen molar-refractivity contribution >= 4 is 5.69 Å². The van der Waals surface area contributed by atoms with E-state index in [0.717, 1.165) is 0 Å². The Hall–Kier alpha value is -1.63. The molecule has 0 heterocycles. The summed E-state index contributed by atoms with van der Waals surface area (Å²) in [6, 6.07) is 4.53. The number of hydrogen-bond donors (Lipinski definition) is 1. The minimum atomic E-state index is -4.37. The van der Waals surface area contributed by atoms with E-state index >= 15 is 0 Å². The van der Waals surface area contributed by atoms with Gasteiger partial charge in [0.05, 0.1) is 7.11 Å². The molecule has 0 unspecified atom stereocenters. The van der Waals surface area contributed by atoms with Crippen LogP contribution in [0, 0.1) is 0 Å². The summed E-state index contributed by atoms with van der Waals surface area (Å²) in [7, 11) is 1.40. The van der Waals surface area contributed by atoms with E-state index in [1.54, 1.807) is 6.07 Å². The van der Waals surface area contributed by atoms with Crippen molar-refractivity contribution in [2.24, 2.45) is 0 Å². The van der Waals surface area contributed by atoms with Crippen molar-refractivity contribution in [1.82, 2.24) is 0 Å². The molecule has 0 radical (unpaired) electrons. The Morgan fingerprint density at radius 3 is 2.53 bits per heavy atom. The van der Waals surface area contributed by atoms with Crippen LogP contribution in [0.5, 0.6) is 11.5 Å². The van der Waals surface area contributed by atoms with Crippen molar-refractivity contribution < 1.29 is 27.4 Å². The van der Waals surface area contributed by atoms with Crippen LogP contribution in [-0.4, -0.2) is 26.7 Å². The van der Waals surface area contributed by atoms with Gasteiger partial charge >= 0.3 is 6.18 Å². The third-order valence-corrected chi connectivity index (χ3v) is 1.75. The van der Waals surface area contributed by atoms with E-state index < -0.39 is 19.6 Å². The molecule has 2 N–H and O–H groups in total. The maximum absolute atomic E-state index is 11.8. The number of anilines is 1. The molecular weight excluding hydrogens is 239 g/mol. The van der Waals surface area contributed by atoms with Crippen LogP contribution in [0.4, 0.5) is 18.9 Å². The fourth-order valence-corrected chi connectivity index (χ4v) is 1.07. The molecule has 0 aliphatic heterocycles. The molecule has 0 spiro atoms.